The standard InChI is InChI=1S/C21H35O3PS/c22-21-18-14-13-17-20(21)16-12-10-8-6-4-2-1-3-5-7-9-11-15-19-26-25(23)24/h13-14,17-18,22H,1-12,15-16,19H2. The van der Waals surface area contributed by atoms with Gasteiger partial charge < -0.3 is 10.00 Å². The fourth-order valence-electron chi connectivity index (χ4n) is 3.22. The van der Waals surface area contributed by atoms with Gasteiger partial charge in [0.2, 0.25) is 0 Å². The number of aryl methyl sites for hydroxylation is 1. The summed E-state index contributed by atoms with van der Waals surface area (Å²) in [6.45, 7) is 0. The molecule has 0 bridgehead atoms. The van der Waals surface area contributed by atoms with Gasteiger partial charge in [-0.3, -0.25) is 0 Å². The molecule has 0 aliphatic carbocycles. The number of hydrogen-bond acceptors (Lipinski definition) is 4. The Morgan fingerprint density at radius 2 is 1.23 bits per heavy atom. The van der Waals surface area contributed by atoms with Gasteiger partial charge in [0.25, 0.3) is 0 Å². The molecular weight excluding hydrogens is 363 g/mol. The van der Waals surface area contributed by atoms with E-state index in [0.29, 0.717) is 5.75 Å². The summed E-state index contributed by atoms with van der Waals surface area (Å²) >= 11 is 1.06. The smallest absolute Gasteiger partial charge is 0.384 e. The Balaban J connectivity index is 1.76. The molecule has 1 N–H and O–H groups in total. The first-order valence-electron chi connectivity index (χ1n) is 10.2. The van der Waals surface area contributed by atoms with E-state index in [1.54, 1.807) is 6.07 Å². The molecule has 148 valence electrons. The number of para-hydroxylation sites is 1. The van der Waals surface area contributed by atoms with Crippen molar-refractivity contribution in [1.82, 2.24) is 0 Å². The summed E-state index contributed by atoms with van der Waals surface area (Å²) in [5.41, 5.74) is 1.08. The number of benzene rings is 1. The number of phenols is 1. The van der Waals surface area contributed by atoms with Crippen LogP contribution in [0.4, 0.5) is 0 Å². The molecular formula is C21H35O3PS. The third kappa shape index (κ3) is 13.6. The fraction of sp³-hybridized carbons (Fsp3) is 0.714. The van der Waals surface area contributed by atoms with Gasteiger partial charge in [-0.15, -0.1) is 0 Å². The van der Waals surface area contributed by atoms with Crippen LogP contribution >= 0.6 is 18.6 Å². The maximum atomic E-state index is 10.4. The van der Waals surface area contributed by atoms with Crippen LogP contribution in [0.25, 0.3) is 0 Å². The van der Waals surface area contributed by atoms with E-state index < -0.39 is 7.23 Å². The molecule has 3 nitrogen and oxygen atoms in total. The highest BCUT2D eigenvalue weighted by Crippen LogP contribution is 2.29. The zero-order valence-electron chi connectivity index (χ0n) is 16.0. The lowest BCUT2D eigenvalue weighted by molar-refractivity contribution is -0.157. The molecule has 26 heavy (non-hydrogen) atoms. The van der Waals surface area contributed by atoms with E-state index in [0.717, 1.165) is 42.0 Å². The second kappa shape index (κ2) is 16.6. The van der Waals surface area contributed by atoms with Crippen LogP contribution in [0.2, 0.25) is 0 Å². The molecule has 0 heterocycles. The second-order valence-electron chi connectivity index (χ2n) is 7.03. The van der Waals surface area contributed by atoms with Gasteiger partial charge in [-0.1, -0.05) is 93.4 Å². The van der Waals surface area contributed by atoms with Crippen LogP contribution in [0.1, 0.15) is 89.0 Å². The number of phenolic OH excluding ortho intramolecular Hbond substituents is 1. The number of rotatable bonds is 17. The van der Waals surface area contributed by atoms with E-state index in [-0.39, 0.29) is 0 Å². The van der Waals surface area contributed by atoms with Crippen LogP contribution in [-0.2, 0) is 11.0 Å². The van der Waals surface area contributed by atoms with Crippen molar-refractivity contribution in [3.05, 3.63) is 29.8 Å². The van der Waals surface area contributed by atoms with Gasteiger partial charge in [0.15, 0.2) is 0 Å². The van der Waals surface area contributed by atoms with Gasteiger partial charge in [0, 0.05) is 5.75 Å². The van der Waals surface area contributed by atoms with Crippen LogP contribution in [-0.4, -0.2) is 10.9 Å². The van der Waals surface area contributed by atoms with Gasteiger partial charge in [-0.2, -0.15) is 0 Å². The van der Waals surface area contributed by atoms with E-state index in [1.807, 2.05) is 18.2 Å². The minimum Gasteiger partial charge on any atom is -0.585 e. The summed E-state index contributed by atoms with van der Waals surface area (Å²) in [7, 11) is -2.25. The van der Waals surface area contributed by atoms with E-state index in [2.05, 4.69) is 0 Å². The Morgan fingerprint density at radius 3 is 1.73 bits per heavy atom. The van der Waals surface area contributed by atoms with Crippen LogP contribution < -0.4 is 4.89 Å². The third-order valence-corrected chi connectivity index (χ3v) is 6.64. The lowest BCUT2D eigenvalue weighted by Crippen LogP contribution is -1.87. The van der Waals surface area contributed by atoms with Crippen LogP contribution in [0.3, 0.4) is 0 Å². The van der Waals surface area contributed by atoms with Gasteiger partial charge >= 0.3 is 7.23 Å². The Labute approximate surface area is 164 Å². The Morgan fingerprint density at radius 1 is 0.769 bits per heavy atom. The predicted molar refractivity (Wildman–Crippen MR) is 112 cm³/mol. The van der Waals surface area contributed by atoms with Crippen LogP contribution in [0, 0.1) is 0 Å². The highest BCUT2D eigenvalue weighted by atomic mass is 32.7. The molecule has 0 aliphatic heterocycles. The topological polar surface area (TPSA) is 60.4 Å². The number of aromatic hydroxyl groups is 1. The van der Waals surface area contributed by atoms with E-state index in [1.165, 1.54) is 70.6 Å². The zero-order chi connectivity index (χ0) is 18.9. The normalized spacial score (nSPS) is 11.7. The lowest BCUT2D eigenvalue weighted by Gasteiger charge is -2.05. The van der Waals surface area contributed by atoms with Crippen molar-refractivity contribution in [3.63, 3.8) is 0 Å². The highest BCUT2D eigenvalue weighted by molar-refractivity contribution is 8.49. The van der Waals surface area contributed by atoms with Crippen LogP contribution in [0.15, 0.2) is 24.3 Å². The summed E-state index contributed by atoms with van der Waals surface area (Å²) in [5.74, 6) is 1.19. The van der Waals surface area contributed by atoms with E-state index in [9.17, 15) is 14.6 Å². The van der Waals surface area contributed by atoms with Gasteiger partial charge in [0.1, 0.15) is 17.1 Å². The van der Waals surface area contributed by atoms with Crippen molar-refractivity contribution >= 4 is 18.6 Å². The minimum atomic E-state index is -2.25. The molecule has 1 unspecified atom stereocenters. The maximum absolute atomic E-state index is 10.4. The zero-order valence-corrected chi connectivity index (χ0v) is 17.7. The average molecular weight is 399 g/mol. The second-order valence-corrected chi connectivity index (χ2v) is 9.81. The van der Waals surface area contributed by atoms with Gasteiger partial charge in [-0.25, -0.2) is 0 Å². The Hall–Kier alpha value is -0.570. The molecule has 5 heteroatoms. The summed E-state index contributed by atoms with van der Waals surface area (Å²) in [6, 6.07) is 7.66. The van der Waals surface area contributed by atoms with Crippen molar-refractivity contribution in [2.24, 2.45) is 0 Å². The highest BCUT2D eigenvalue weighted by Gasteiger charge is 2.01. The molecule has 0 aromatic heterocycles. The first-order chi connectivity index (χ1) is 12.7. The quantitative estimate of drug-likeness (QED) is 0.233. The molecule has 1 aromatic carbocycles. The molecule has 0 saturated carbocycles. The molecule has 0 saturated heterocycles. The number of hydrogen-bond donors (Lipinski definition) is 1. The van der Waals surface area contributed by atoms with Crippen molar-refractivity contribution in [2.75, 3.05) is 5.75 Å². The minimum absolute atomic E-state index is 0.436. The largest absolute Gasteiger partial charge is 0.585 e. The molecule has 1 atom stereocenters. The van der Waals surface area contributed by atoms with Gasteiger partial charge in [-0.05, 0) is 30.9 Å². The van der Waals surface area contributed by atoms with Crippen LogP contribution in [0.5, 0.6) is 5.75 Å². The lowest BCUT2D eigenvalue weighted by atomic mass is 10.0. The predicted octanol–water partition coefficient (Wildman–Crippen LogP) is 6.76. The Bertz CT molecular complexity index is 482. The van der Waals surface area contributed by atoms with Crippen molar-refractivity contribution in [2.45, 2.75) is 89.9 Å². The molecule has 0 radical (unpaired) electrons. The molecule has 0 spiro atoms. The average Bonchev–Trinajstić information content (AvgIpc) is 2.62. The maximum Gasteiger partial charge on any atom is 0.384 e. The van der Waals surface area contributed by atoms with E-state index >= 15 is 0 Å². The number of unbranched alkanes of at least 4 members (excludes halogenated alkanes) is 12. The van der Waals surface area contributed by atoms with Crippen molar-refractivity contribution in [1.29, 1.82) is 0 Å². The molecule has 0 aliphatic rings. The molecule has 1 aromatic rings. The SMILES string of the molecule is O=[P+]([O-])SCCCCCCCCCCCCCCCc1ccccc1O. The molecule has 0 fully saturated rings. The first kappa shape index (κ1) is 23.5. The first-order valence-corrected chi connectivity index (χ1v) is 13.0. The van der Waals surface area contributed by atoms with Gasteiger partial charge in [0.05, 0.1) is 0 Å². The summed E-state index contributed by atoms with van der Waals surface area (Å²) in [6.07, 6.45) is 17.5. The summed E-state index contributed by atoms with van der Waals surface area (Å²) in [5, 5.41) is 9.72. The summed E-state index contributed by atoms with van der Waals surface area (Å²) < 4.78 is 10.4. The fourth-order valence-corrected chi connectivity index (χ4v) is 4.54. The molecule has 1 rings (SSSR count). The summed E-state index contributed by atoms with van der Waals surface area (Å²) in [4.78, 5) is 10.4. The monoisotopic (exact) mass is 398 g/mol. The van der Waals surface area contributed by atoms with Crippen molar-refractivity contribution in [3.8, 4) is 5.75 Å². The third-order valence-electron chi connectivity index (χ3n) is 4.78. The van der Waals surface area contributed by atoms with Crippen molar-refractivity contribution < 1.29 is 14.6 Å². The molecule has 0 amide bonds. The van der Waals surface area contributed by atoms with E-state index in [4.69, 9.17) is 0 Å². The Kier molecular flexibility index (Phi) is 15.0.